The topological polar surface area (TPSA) is 107 Å². The van der Waals surface area contributed by atoms with E-state index in [4.69, 9.17) is 14.2 Å². The molecule has 1 saturated heterocycles. The lowest BCUT2D eigenvalue weighted by atomic mass is 9.99. The van der Waals surface area contributed by atoms with E-state index in [0.29, 0.717) is 36.3 Å². The molecule has 2 atom stereocenters. The van der Waals surface area contributed by atoms with Crippen LogP contribution in [0.2, 0.25) is 0 Å². The zero-order valence-corrected chi connectivity index (χ0v) is 22.8. The standard InChI is InChI=1S/C29H35F3N2O7/c1-38-23-8-10-24(11-9-23)40-17-13-26(35)33-25(20-34-14-2-3-15-34)27(36)22-6-4-21(5-7-22)12-16-39-18-19-41-28(37)29(30,31)32/h4-11,18-19,25,27,36H,2-3,12-17,20H2,1H3,(H,33,35)/b19-18-/t25-,27-/m1/s1. The minimum atomic E-state index is -5.07. The van der Waals surface area contributed by atoms with Crippen LogP contribution >= 0.6 is 0 Å². The smallest absolute Gasteiger partial charge is 0.491 e. The van der Waals surface area contributed by atoms with Gasteiger partial charge in [0.25, 0.3) is 0 Å². The number of hydrogen-bond acceptors (Lipinski definition) is 8. The van der Waals surface area contributed by atoms with Crippen molar-refractivity contribution in [3.05, 3.63) is 72.2 Å². The molecule has 224 valence electrons. The fourth-order valence-electron chi connectivity index (χ4n) is 4.23. The molecule has 2 N–H and O–H groups in total. The molecule has 0 aliphatic carbocycles. The summed E-state index contributed by atoms with van der Waals surface area (Å²) in [5.74, 6) is -1.23. The quantitative estimate of drug-likeness (QED) is 0.186. The van der Waals surface area contributed by atoms with Crippen LogP contribution in [0, 0.1) is 0 Å². The molecule has 1 amide bonds. The molecular formula is C29H35F3N2O7. The summed E-state index contributed by atoms with van der Waals surface area (Å²) in [7, 11) is 1.58. The number of halogens is 3. The number of esters is 1. The Morgan fingerprint density at radius 1 is 1.00 bits per heavy atom. The summed E-state index contributed by atoms with van der Waals surface area (Å²) in [5.41, 5.74) is 1.49. The van der Waals surface area contributed by atoms with Crippen molar-refractivity contribution in [3.8, 4) is 11.5 Å². The van der Waals surface area contributed by atoms with Crippen molar-refractivity contribution in [2.24, 2.45) is 0 Å². The Balaban J connectivity index is 1.49. The Morgan fingerprint density at radius 2 is 1.66 bits per heavy atom. The van der Waals surface area contributed by atoms with E-state index < -0.39 is 24.3 Å². The van der Waals surface area contributed by atoms with Crippen molar-refractivity contribution in [1.29, 1.82) is 0 Å². The first-order valence-electron chi connectivity index (χ1n) is 13.3. The molecule has 9 nitrogen and oxygen atoms in total. The van der Waals surface area contributed by atoms with Crippen LogP contribution in [-0.2, 0) is 25.5 Å². The van der Waals surface area contributed by atoms with Gasteiger partial charge in [0.1, 0.15) is 30.1 Å². The Labute approximate surface area is 236 Å². The Hall–Kier alpha value is -3.77. The van der Waals surface area contributed by atoms with Crippen molar-refractivity contribution in [2.75, 3.05) is 40.0 Å². The summed E-state index contributed by atoms with van der Waals surface area (Å²) in [6.45, 7) is 2.63. The molecule has 0 unspecified atom stereocenters. The number of aliphatic hydroxyl groups is 1. The van der Waals surface area contributed by atoms with Crippen LogP contribution in [0.15, 0.2) is 61.1 Å². The lowest BCUT2D eigenvalue weighted by molar-refractivity contribution is -0.193. The summed E-state index contributed by atoms with van der Waals surface area (Å²) in [5, 5.41) is 14.1. The predicted octanol–water partition coefficient (Wildman–Crippen LogP) is 3.91. The number of aliphatic hydroxyl groups excluding tert-OH is 1. The highest BCUT2D eigenvalue weighted by Gasteiger charge is 2.40. The third-order valence-corrected chi connectivity index (χ3v) is 6.43. The summed E-state index contributed by atoms with van der Waals surface area (Å²) >= 11 is 0. The molecule has 0 radical (unpaired) electrons. The largest absolute Gasteiger partial charge is 0.498 e. The van der Waals surface area contributed by atoms with E-state index in [1.807, 2.05) is 0 Å². The van der Waals surface area contributed by atoms with E-state index in [1.54, 1.807) is 55.6 Å². The minimum Gasteiger partial charge on any atom is -0.498 e. The summed E-state index contributed by atoms with van der Waals surface area (Å²) in [4.78, 5) is 25.6. The first-order chi connectivity index (χ1) is 19.7. The van der Waals surface area contributed by atoms with Gasteiger partial charge in [0.05, 0.1) is 32.8 Å². The zero-order chi connectivity index (χ0) is 29.7. The van der Waals surface area contributed by atoms with Gasteiger partial charge in [0.2, 0.25) is 5.91 Å². The van der Waals surface area contributed by atoms with Crippen molar-refractivity contribution in [3.63, 3.8) is 0 Å². The third-order valence-electron chi connectivity index (χ3n) is 6.43. The number of rotatable bonds is 15. The predicted molar refractivity (Wildman–Crippen MR) is 143 cm³/mol. The fraction of sp³-hybridized carbons (Fsp3) is 0.448. The van der Waals surface area contributed by atoms with Crippen LogP contribution in [0.5, 0.6) is 11.5 Å². The lowest BCUT2D eigenvalue weighted by Crippen LogP contribution is -2.47. The van der Waals surface area contributed by atoms with Gasteiger partial charge >= 0.3 is 12.1 Å². The summed E-state index contributed by atoms with van der Waals surface area (Å²) in [6.07, 6.45) is -1.91. The number of benzene rings is 2. The Kier molecular flexibility index (Phi) is 12.3. The van der Waals surface area contributed by atoms with Gasteiger partial charge in [-0.1, -0.05) is 24.3 Å². The average Bonchev–Trinajstić information content (AvgIpc) is 3.47. The first kappa shape index (κ1) is 31.8. The monoisotopic (exact) mass is 580 g/mol. The lowest BCUT2D eigenvalue weighted by Gasteiger charge is -2.29. The van der Waals surface area contributed by atoms with E-state index in [2.05, 4.69) is 15.0 Å². The van der Waals surface area contributed by atoms with Gasteiger partial charge in [-0.05, 0) is 61.3 Å². The molecule has 2 aromatic carbocycles. The summed E-state index contributed by atoms with van der Waals surface area (Å²) < 4.78 is 56.0. The van der Waals surface area contributed by atoms with Crippen LogP contribution in [0.3, 0.4) is 0 Å². The third kappa shape index (κ3) is 11.0. The van der Waals surface area contributed by atoms with Crippen LogP contribution < -0.4 is 14.8 Å². The van der Waals surface area contributed by atoms with Gasteiger partial charge in [-0.3, -0.25) is 4.79 Å². The van der Waals surface area contributed by atoms with Gasteiger partial charge in [-0.2, -0.15) is 13.2 Å². The van der Waals surface area contributed by atoms with Crippen LogP contribution in [0.25, 0.3) is 0 Å². The number of likely N-dealkylation sites (tertiary alicyclic amines) is 1. The van der Waals surface area contributed by atoms with Gasteiger partial charge in [-0.25, -0.2) is 4.79 Å². The van der Waals surface area contributed by atoms with Crippen molar-refractivity contribution in [1.82, 2.24) is 10.2 Å². The van der Waals surface area contributed by atoms with Crippen molar-refractivity contribution < 1.29 is 46.8 Å². The molecule has 12 heteroatoms. The van der Waals surface area contributed by atoms with Gasteiger partial charge in [-0.15, -0.1) is 0 Å². The average molecular weight is 581 g/mol. The summed E-state index contributed by atoms with van der Waals surface area (Å²) in [6, 6.07) is 13.7. The number of nitrogens with one attached hydrogen (secondary N) is 1. The maximum Gasteiger partial charge on any atom is 0.491 e. The van der Waals surface area contributed by atoms with E-state index in [-0.39, 0.29) is 25.5 Å². The molecule has 0 bridgehead atoms. The van der Waals surface area contributed by atoms with E-state index in [1.165, 1.54) is 0 Å². The number of amides is 1. The number of nitrogens with zero attached hydrogens (tertiary/aromatic N) is 1. The van der Waals surface area contributed by atoms with Crippen LogP contribution in [0.1, 0.15) is 36.5 Å². The van der Waals surface area contributed by atoms with Gasteiger partial charge < -0.3 is 34.3 Å². The SMILES string of the molecule is COc1ccc(OCCC(=O)N[C@H](CN2CCCC2)[C@H](O)c2ccc(CCO/C=C\OC(=O)C(F)(F)F)cc2)cc1. The molecule has 0 saturated carbocycles. The second-order valence-corrected chi connectivity index (χ2v) is 9.44. The number of carbonyl (C=O) groups excluding carboxylic acids is 2. The normalized spacial score (nSPS) is 15.3. The molecule has 41 heavy (non-hydrogen) atoms. The number of alkyl halides is 3. The highest BCUT2D eigenvalue weighted by atomic mass is 19.4. The van der Waals surface area contributed by atoms with E-state index in [9.17, 15) is 27.9 Å². The number of carbonyl (C=O) groups is 2. The molecular weight excluding hydrogens is 545 g/mol. The minimum absolute atomic E-state index is 0.123. The van der Waals surface area contributed by atoms with Crippen LogP contribution in [0.4, 0.5) is 13.2 Å². The fourth-order valence-corrected chi connectivity index (χ4v) is 4.23. The maximum atomic E-state index is 12.7. The molecule has 1 heterocycles. The number of methoxy groups -OCH3 is 1. The molecule has 0 spiro atoms. The zero-order valence-electron chi connectivity index (χ0n) is 22.8. The van der Waals surface area contributed by atoms with Crippen molar-refractivity contribution >= 4 is 11.9 Å². The second-order valence-electron chi connectivity index (χ2n) is 9.44. The number of hydrogen-bond donors (Lipinski definition) is 2. The molecule has 0 aromatic heterocycles. The molecule has 2 aromatic rings. The molecule has 1 fully saturated rings. The Morgan fingerprint density at radius 3 is 2.29 bits per heavy atom. The highest BCUT2D eigenvalue weighted by Crippen LogP contribution is 2.21. The highest BCUT2D eigenvalue weighted by molar-refractivity contribution is 5.76. The van der Waals surface area contributed by atoms with Crippen molar-refractivity contribution in [2.45, 2.75) is 44.0 Å². The molecule has 3 rings (SSSR count). The number of ether oxygens (including phenoxy) is 4. The van der Waals surface area contributed by atoms with E-state index >= 15 is 0 Å². The van der Waals surface area contributed by atoms with Gasteiger partial charge in [0, 0.05) is 13.0 Å². The van der Waals surface area contributed by atoms with E-state index in [0.717, 1.165) is 37.8 Å². The first-order valence-corrected chi connectivity index (χ1v) is 13.3. The maximum absolute atomic E-state index is 12.7. The van der Waals surface area contributed by atoms with Gasteiger partial charge in [0.15, 0.2) is 0 Å². The molecule has 1 aliphatic rings. The second kappa shape index (κ2) is 15.9. The Bertz CT molecular complexity index is 1120. The van der Waals surface area contributed by atoms with Crippen LogP contribution in [-0.4, -0.2) is 74.1 Å². The molecule has 1 aliphatic heterocycles.